The van der Waals surface area contributed by atoms with Crippen LogP contribution in [0.4, 0.5) is 0 Å². The second kappa shape index (κ2) is 9.68. The van der Waals surface area contributed by atoms with Crippen LogP contribution >= 0.6 is 11.6 Å². The Labute approximate surface area is 169 Å². The van der Waals surface area contributed by atoms with E-state index < -0.39 is 0 Å². The van der Waals surface area contributed by atoms with Gasteiger partial charge in [-0.05, 0) is 43.7 Å². The molecule has 8 nitrogen and oxygen atoms in total. The van der Waals surface area contributed by atoms with Crippen molar-refractivity contribution in [3.05, 3.63) is 47.9 Å². The van der Waals surface area contributed by atoms with Crippen molar-refractivity contribution in [2.75, 3.05) is 13.7 Å². The summed E-state index contributed by atoms with van der Waals surface area (Å²) in [7, 11) is 1.53. The molecule has 0 saturated heterocycles. The maximum atomic E-state index is 6.30. The topological polar surface area (TPSA) is 99.6 Å². The highest BCUT2D eigenvalue weighted by Crippen LogP contribution is 2.25. The molecule has 150 valence electrons. The SMILES string of the molecule is C=C(/N=C(\C(Cl)=C/N)n1nnc2ccccc21)NC1CCC(COOC)CC1. The Morgan fingerprint density at radius 1 is 1.39 bits per heavy atom. The summed E-state index contributed by atoms with van der Waals surface area (Å²) < 4.78 is 1.56. The van der Waals surface area contributed by atoms with Gasteiger partial charge in [-0.3, -0.25) is 0 Å². The predicted molar refractivity (Wildman–Crippen MR) is 109 cm³/mol. The van der Waals surface area contributed by atoms with E-state index in [0.29, 0.717) is 30.2 Å². The number of fused-ring (bicyclic) bond motifs is 1. The van der Waals surface area contributed by atoms with Gasteiger partial charge in [0.05, 0.1) is 19.2 Å². The van der Waals surface area contributed by atoms with Crippen molar-refractivity contribution < 1.29 is 9.78 Å². The van der Waals surface area contributed by atoms with Crippen LogP contribution in [-0.4, -0.2) is 40.6 Å². The molecule has 1 aromatic carbocycles. The summed E-state index contributed by atoms with van der Waals surface area (Å²) in [5.74, 6) is 1.39. The molecule has 0 atom stereocenters. The predicted octanol–water partition coefficient (Wildman–Crippen LogP) is 2.91. The van der Waals surface area contributed by atoms with Gasteiger partial charge in [0.2, 0.25) is 0 Å². The van der Waals surface area contributed by atoms with Crippen LogP contribution < -0.4 is 11.1 Å². The Balaban J connectivity index is 1.71. The minimum atomic E-state index is 0.263. The van der Waals surface area contributed by atoms with E-state index in [0.717, 1.165) is 36.7 Å². The highest BCUT2D eigenvalue weighted by molar-refractivity contribution is 6.43. The normalized spacial score (nSPS) is 21.1. The Kier molecular flexibility index (Phi) is 7.02. The van der Waals surface area contributed by atoms with E-state index in [1.54, 1.807) is 4.68 Å². The third-order valence-electron chi connectivity index (χ3n) is 4.79. The monoisotopic (exact) mass is 404 g/mol. The lowest BCUT2D eigenvalue weighted by Crippen LogP contribution is -2.33. The van der Waals surface area contributed by atoms with Gasteiger partial charge in [-0.1, -0.05) is 35.5 Å². The number of nitrogens with two attached hydrogens (primary N) is 1. The molecule has 0 bridgehead atoms. The summed E-state index contributed by atoms with van der Waals surface area (Å²) >= 11 is 6.30. The van der Waals surface area contributed by atoms with Crippen LogP contribution in [0, 0.1) is 5.92 Å². The Hall–Kier alpha value is -2.42. The summed E-state index contributed by atoms with van der Waals surface area (Å²) in [6, 6.07) is 7.86. The van der Waals surface area contributed by atoms with Gasteiger partial charge < -0.3 is 11.1 Å². The second-order valence-corrected chi connectivity index (χ2v) is 7.11. The second-order valence-electron chi connectivity index (χ2n) is 6.70. The van der Waals surface area contributed by atoms with Crippen LogP contribution in [0.2, 0.25) is 0 Å². The number of allylic oxidation sites excluding steroid dienone is 1. The zero-order valence-electron chi connectivity index (χ0n) is 15.8. The Morgan fingerprint density at radius 2 is 2.14 bits per heavy atom. The minimum Gasteiger partial charge on any atom is -0.403 e. The number of aromatic nitrogens is 3. The first-order valence-corrected chi connectivity index (χ1v) is 9.58. The number of nitrogens with zero attached hydrogens (tertiary/aromatic N) is 4. The van der Waals surface area contributed by atoms with Gasteiger partial charge in [-0.15, -0.1) is 5.10 Å². The molecule has 0 unspecified atom stereocenters. The van der Waals surface area contributed by atoms with Crippen LogP contribution in [0.1, 0.15) is 25.7 Å². The van der Waals surface area contributed by atoms with Gasteiger partial charge in [0.25, 0.3) is 0 Å². The van der Waals surface area contributed by atoms with Crippen LogP contribution in [0.3, 0.4) is 0 Å². The Morgan fingerprint density at radius 3 is 2.86 bits per heavy atom. The highest BCUT2D eigenvalue weighted by atomic mass is 35.5. The molecule has 1 saturated carbocycles. The van der Waals surface area contributed by atoms with Crippen LogP contribution in [0.5, 0.6) is 0 Å². The molecule has 3 rings (SSSR count). The zero-order valence-corrected chi connectivity index (χ0v) is 16.6. The molecule has 1 fully saturated rings. The average molecular weight is 405 g/mol. The molecule has 1 heterocycles. The van der Waals surface area contributed by atoms with Gasteiger partial charge in [0.1, 0.15) is 16.4 Å². The van der Waals surface area contributed by atoms with E-state index in [-0.39, 0.29) is 5.03 Å². The van der Waals surface area contributed by atoms with E-state index in [1.165, 1.54) is 13.3 Å². The van der Waals surface area contributed by atoms with Crippen molar-refractivity contribution in [2.45, 2.75) is 31.7 Å². The van der Waals surface area contributed by atoms with Gasteiger partial charge in [-0.25, -0.2) is 14.8 Å². The number of para-hydroxylation sites is 1. The van der Waals surface area contributed by atoms with Crippen LogP contribution in [0.15, 0.2) is 52.9 Å². The van der Waals surface area contributed by atoms with Gasteiger partial charge in [0.15, 0.2) is 5.84 Å². The number of aliphatic imine (C=N–C) groups is 1. The summed E-state index contributed by atoms with van der Waals surface area (Å²) in [6.45, 7) is 4.66. The molecule has 1 aliphatic carbocycles. The molecule has 0 spiro atoms. The first-order valence-electron chi connectivity index (χ1n) is 9.20. The number of nitrogens with one attached hydrogen (secondary N) is 1. The fourth-order valence-corrected chi connectivity index (χ4v) is 3.46. The van der Waals surface area contributed by atoms with Crippen molar-refractivity contribution >= 4 is 28.5 Å². The Bertz CT molecular complexity index is 870. The van der Waals surface area contributed by atoms with E-state index in [9.17, 15) is 0 Å². The number of halogens is 1. The molecular weight excluding hydrogens is 380 g/mol. The fourth-order valence-electron chi connectivity index (χ4n) is 3.34. The smallest absolute Gasteiger partial charge is 0.178 e. The first-order chi connectivity index (χ1) is 13.6. The van der Waals surface area contributed by atoms with Crippen molar-refractivity contribution in [3.8, 4) is 0 Å². The molecule has 3 N–H and O–H groups in total. The van der Waals surface area contributed by atoms with Gasteiger partial charge in [0, 0.05) is 12.2 Å². The lowest BCUT2D eigenvalue weighted by atomic mass is 9.86. The number of hydrogen-bond acceptors (Lipinski definition) is 7. The number of benzene rings is 1. The van der Waals surface area contributed by atoms with Crippen LogP contribution in [-0.2, 0) is 9.78 Å². The molecule has 28 heavy (non-hydrogen) atoms. The molecule has 0 radical (unpaired) electrons. The minimum absolute atomic E-state index is 0.263. The summed E-state index contributed by atoms with van der Waals surface area (Å²) in [5, 5.41) is 11.9. The van der Waals surface area contributed by atoms with Crippen LogP contribution in [0.25, 0.3) is 11.0 Å². The highest BCUT2D eigenvalue weighted by Gasteiger charge is 2.22. The lowest BCUT2D eigenvalue weighted by molar-refractivity contribution is -0.281. The number of hydrogen-bond donors (Lipinski definition) is 2. The molecule has 2 aromatic rings. The van der Waals surface area contributed by atoms with E-state index in [1.807, 2.05) is 24.3 Å². The van der Waals surface area contributed by atoms with E-state index >= 15 is 0 Å². The maximum absolute atomic E-state index is 6.30. The standard InChI is InChI=1S/C19H25ClN6O2/c1-13(22-15-9-7-14(8-10-15)12-28-27-2)23-19(16(20)11-21)26-18-6-4-3-5-17(18)24-25-26/h3-6,11,14-15,22H,1,7-10,12,21H2,2H3/b16-11+,23-19+. The van der Waals surface area contributed by atoms with Crippen molar-refractivity contribution in [1.29, 1.82) is 0 Å². The van der Waals surface area contributed by atoms with Gasteiger partial charge >= 0.3 is 0 Å². The molecule has 0 aliphatic heterocycles. The average Bonchev–Trinajstić information content (AvgIpc) is 3.15. The molecule has 9 heteroatoms. The largest absolute Gasteiger partial charge is 0.403 e. The summed E-state index contributed by atoms with van der Waals surface area (Å²) in [5.41, 5.74) is 7.16. The maximum Gasteiger partial charge on any atom is 0.178 e. The lowest BCUT2D eigenvalue weighted by Gasteiger charge is -2.29. The number of rotatable bonds is 7. The summed E-state index contributed by atoms with van der Waals surface area (Å²) in [4.78, 5) is 14.3. The van der Waals surface area contributed by atoms with E-state index in [2.05, 4.69) is 32.1 Å². The fraction of sp³-hybridized carbons (Fsp3) is 0.421. The van der Waals surface area contributed by atoms with E-state index in [4.69, 9.17) is 22.2 Å². The third-order valence-corrected chi connectivity index (χ3v) is 5.09. The molecular formula is C19H25ClN6O2. The van der Waals surface area contributed by atoms with Gasteiger partial charge in [-0.2, -0.15) is 4.68 Å². The van der Waals surface area contributed by atoms with Crippen molar-refractivity contribution in [2.24, 2.45) is 16.6 Å². The molecule has 1 aliphatic rings. The zero-order chi connectivity index (χ0) is 19.9. The first kappa shape index (κ1) is 20.3. The molecule has 1 aromatic heterocycles. The van der Waals surface area contributed by atoms with Crippen molar-refractivity contribution in [3.63, 3.8) is 0 Å². The molecule has 0 amide bonds. The summed E-state index contributed by atoms with van der Waals surface area (Å²) in [6.07, 6.45) is 5.41. The van der Waals surface area contributed by atoms with Crippen molar-refractivity contribution in [1.82, 2.24) is 20.3 Å². The quantitative estimate of drug-likeness (QED) is 0.318. The third kappa shape index (κ3) is 4.89.